The van der Waals surface area contributed by atoms with Crippen LogP contribution in [0.25, 0.3) is 0 Å². The normalized spacial score (nSPS) is 12.9. The van der Waals surface area contributed by atoms with E-state index in [0.717, 1.165) is 28.1 Å². The molecule has 18 heavy (non-hydrogen) atoms. The summed E-state index contributed by atoms with van der Waals surface area (Å²) in [5, 5.41) is 4.46. The average Bonchev–Trinajstić information content (AvgIpc) is 2.92. The molecule has 0 saturated carbocycles. The van der Waals surface area contributed by atoms with E-state index in [0.29, 0.717) is 0 Å². The number of hydrogen-bond acceptors (Lipinski definition) is 4. The highest BCUT2D eigenvalue weighted by atomic mass is 79.9. The van der Waals surface area contributed by atoms with Gasteiger partial charge in [-0.1, -0.05) is 0 Å². The van der Waals surface area contributed by atoms with Crippen molar-refractivity contribution in [1.82, 2.24) is 15.2 Å². The van der Waals surface area contributed by atoms with Gasteiger partial charge in [0.05, 0.1) is 21.2 Å². The van der Waals surface area contributed by atoms with Gasteiger partial charge in [-0.15, -0.1) is 11.3 Å². The van der Waals surface area contributed by atoms with Crippen LogP contribution in [0.15, 0.2) is 22.0 Å². The van der Waals surface area contributed by atoms with Crippen molar-refractivity contribution in [2.45, 2.75) is 32.9 Å². The van der Waals surface area contributed by atoms with E-state index in [-0.39, 0.29) is 6.04 Å². The molecular formula is C12H17BrN4S. The molecule has 6 heteroatoms. The Kier molecular flexibility index (Phi) is 4.55. The molecule has 2 aromatic heterocycles. The zero-order valence-corrected chi connectivity index (χ0v) is 12.9. The molecule has 0 radical (unpaired) electrons. The number of nitrogens with zero attached hydrogens (tertiary/aromatic N) is 2. The van der Waals surface area contributed by atoms with Gasteiger partial charge in [-0.25, -0.2) is 0 Å². The number of hydrogen-bond donors (Lipinski definition) is 2. The Balaban J connectivity index is 2.22. The lowest BCUT2D eigenvalue weighted by Gasteiger charge is -2.16. The molecule has 1 unspecified atom stereocenters. The molecule has 0 aliphatic heterocycles. The molecule has 0 aromatic carbocycles. The first-order valence-electron chi connectivity index (χ1n) is 5.88. The van der Waals surface area contributed by atoms with Gasteiger partial charge < -0.3 is 0 Å². The molecule has 98 valence electrons. The van der Waals surface area contributed by atoms with Crippen molar-refractivity contribution in [2.24, 2.45) is 5.84 Å². The van der Waals surface area contributed by atoms with Crippen molar-refractivity contribution in [1.29, 1.82) is 0 Å². The molecule has 0 spiro atoms. The van der Waals surface area contributed by atoms with Crippen LogP contribution in [0.4, 0.5) is 0 Å². The summed E-state index contributed by atoms with van der Waals surface area (Å²) in [6.45, 7) is 4.95. The Morgan fingerprint density at radius 2 is 2.33 bits per heavy atom. The van der Waals surface area contributed by atoms with Gasteiger partial charge in [-0.05, 0) is 48.0 Å². The number of rotatable bonds is 5. The number of hydrazine groups is 1. The lowest BCUT2D eigenvalue weighted by molar-refractivity contribution is 0.492. The summed E-state index contributed by atoms with van der Waals surface area (Å²) in [5.41, 5.74) is 5.06. The monoisotopic (exact) mass is 328 g/mol. The zero-order valence-electron chi connectivity index (χ0n) is 10.5. The lowest BCUT2D eigenvalue weighted by atomic mass is 10.1. The first-order chi connectivity index (χ1) is 8.63. The predicted molar refractivity (Wildman–Crippen MR) is 78.4 cm³/mol. The summed E-state index contributed by atoms with van der Waals surface area (Å²) in [5.74, 6) is 5.69. The molecule has 2 heterocycles. The Morgan fingerprint density at radius 1 is 1.56 bits per heavy atom. The standard InChI is InChI=1S/C12H17BrN4S/c1-3-17-11(6-8(2)16-17)10(15-14)7-9-4-5-12(13)18-9/h4-6,10,15H,3,7,14H2,1-2H3. The Morgan fingerprint density at radius 3 is 2.89 bits per heavy atom. The maximum Gasteiger partial charge on any atom is 0.0701 e. The van der Waals surface area contributed by atoms with Crippen LogP contribution in [-0.2, 0) is 13.0 Å². The quantitative estimate of drug-likeness (QED) is 0.655. The number of nitrogens with one attached hydrogen (secondary N) is 1. The first-order valence-corrected chi connectivity index (χ1v) is 7.49. The minimum Gasteiger partial charge on any atom is -0.271 e. The second-order valence-corrected chi connectivity index (χ2v) is 6.70. The van der Waals surface area contributed by atoms with Crippen molar-refractivity contribution < 1.29 is 0 Å². The Bertz CT molecular complexity index is 520. The molecular weight excluding hydrogens is 312 g/mol. The van der Waals surface area contributed by atoms with Crippen LogP contribution in [0.3, 0.4) is 0 Å². The SMILES string of the molecule is CCn1nc(C)cc1C(Cc1ccc(Br)s1)NN. The second-order valence-electron chi connectivity index (χ2n) is 4.16. The summed E-state index contributed by atoms with van der Waals surface area (Å²) >= 11 is 5.22. The number of nitrogens with two attached hydrogens (primary N) is 1. The van der Waals surface area contributed by atoms with Crippen molar-refractivity contribution in [3.05, 3.63) is 38.3 Å². The van der Waals surface area contributed by atoms with Crippen molar-refractivity contribution >= 4 is 27.3 Å². The first kappa shape index (κ1) is 13.7. The van der Waals surface area contributed by atoms with Crippen LogP contribution in [-0.4, -0.2) is 9.78 Å². The summed E-state index contributed by atoms with van der Waals surface area (Å²) < 4.78 is 3.15. The summed E-state index contributed by atoms with van der Waals surface area (Å²) in [7, 11) is 0. The van der Waals surface area contributed by atoms with Crippen LogP contribution < -0.4 is 11.3 Å². The number of aromatic nitrogens is 2. The van der Waals surface area contributed by atoms with E-state index in [9.17, 15) is 0 Å². The van der Waals surface area contributed by atoms with E-state index in [4.69, 9.17) is 5.84 Å². The van der Waals surface area contributed by atoms with Crippen LogP contribution >= 0.6 is 27.3 Å². The molecule has 0 saturated heterocycles. The van der Waals surface area contributed by atoms with Gasteiger partial charge in [-0.2, -0.15) is 5.10 Å². The molecule has 0 aliphatic carbocycles. The Hall–Kier alpha value is -0.690. The van der Waals surface area contributed by atoms with Gasteiger partial charge >= 0.3 is 0 Å². The molecule has 0 bridgehead atoms. The Labute approximate surface area is 119 Å². The van der Waals surface area contributed by atoms with Crippen molar-refractivity contribution in [2.75, 3.05) is 0 Å². The van der Waals surface area contributed by atoms with Gasteiger partial charge in [0.25, 0.3) is 0 Å². The number of aryl methyl sites for hydroxylation is 2. The fourth-order valence-corrected chi connectivity index (χ4v) is 3.54. The van der Waals surface area contributed by atoms with Gasteiger partial charge in [0, 0.05) is 17.8 Å². The minimum absolute atomic E-state index is 0.0942. The van der Waals surface area contributed by atoms with Crippen molar-refractivity contribution in [3.8, 4) is 0 Å². The van der Waals surface area contributed by atoms with E-state index >= 15 is 0 Å². The van der Waals surface area contributed by atoms with Crippen LogP contribution in [0, 0.1) is 6.92 Å². The van der Waals surface area contributed by atoms with Gasteiger partial charge in [0.2, 0.25) is 0 Å². The highest BCUT2D eigenvalue weighted by Gasteiger charge is 2.17. The molecule has 1 atom stereocenters. The van der Waals surface area contributed by atoms with E-state index in [1.54, 1.807) is 11.3 Å². The highest BCUT2D eigenvalue weighted by Crippen LogP contribution is 2.27. The molecule has 0 aliphatic rings. The summed E-state index contributed by atoms with van der Waals surface area (Å²) in [6.07, 6.45) is 0.873. The van der Waals surface area contributed by atoms with Gasteiger partial charge in [-0.3, -0.25) is 16.0 Å². The fraction of sp³-hybridized carbons (Fsp3) is 0.417. The van der Waals surface area contributed by atoms with E-state index in [1.165, 1.54) is 4.88 Å². The zero-order chi connectivity index (χ0) is 13.1. The van der Waals surface area contributed by atoms with E-state index < -0.39 is 0 Å². The van der Waals surface area contributed by atoms with Crippen LogP contribution in [0.1, 0.15) is 29.2 Å². The maximum atomic E-state index is 5.69. The van der Waals surface area contributed by atoms with E-state index in [2.05, 4.69) is 51.6 Å². The smallest absolute Gasteiger partial charge is 0.0701 e. The molecule has 4 nitrogen and oxygen atoms in total. The highest BCUT2D eigenvalue weighted by molar-refractivity contribution is 9.11. The maximum absolute atomic E-state index is 5.69. The van der Waals surface area contributed by atoms with Crippen LogP contribution in [0.2, 0.25) is 0 Å². The van der Waals surface area contributed by atoms with E-state index in [1.807, 2.05) is 11.6 Å². The van der Waals surface area contributed by atoms with Gasteiger partial charge in [0.15, 0.2) is 0 Å². The van der Waals surface area contributed by atoms with Crippen molar-refractivity contribution in [3.63, 3.8) is 0 Å². The molecule has 2 aromatic rings. The molecule has 2 rings (SSSR count). The molecule has 0 fully saturated rings. The third-order valence-corrected chi connectivity index (χ3v) is 4.47. The lowest BCUT2D eigenvalue weighted by Crippen LogP contribution is -2.31. The predicted octanol–water partition coefficient (Wildman–Crippen LogP) is 2.78. The molecule has 0 amide bonds. The molecule has 3 N–H and O–H groups in total. The van der Waals surface area contributed by atoms with Crippen LogP contribution in [0.5, 0.6) is 0 Å². The average molecular weight is 329 g/mol. The summed E-state index contributed by atoms with van der Waals surface area (Å²) in [4.78, 5) is 1.30. The topological polar surface area (TPSA) is 55.9 Å². The number of halogens is 1. The summed E-state index contributed by atoms with van der Waals surface area (Å²) in [6, 6.07) is 6.38. The third-order valence-electron chi connectivity index (χ3n) is 2.83. The fourth-order valence-electron chi connectivity index (χ4n) is 2.01. The number of thiophene rings is 1. The largest absolute Gasteiger partial charge is 0.271 e. The van der Waals surface area contributed by atoms with Gasteiger partial charge in [0.1, 0.15) is 0 Å². The second kappa shape index (κ2) is 5.97. The third kappa shape index (κ3) is 3.00. The minimum atomic E-state index is 0.0942.